The molecule has 0 aliphatic carbocycles. The second kappa shape index (κ2) is 10.4. The lowest BCUT2D eigenvalue weighted by Crippen LogP contribution is -2.47. The Kier molecular flexibility index (Phi) is 7.17. The Morgan fingerprint density at radius 2 is 2.06 bits per heavy atom. The molecule has 3 aromatic heterocycles. The molecule has 10 heteroatoms. The van der Waals surface area contributed by atoms with Gasteiger partial charge < -0.3 is 15.5 Å². The Morgan fingerprint density at radius 3 is 2.71 bits per heavy atom. The van der Waals surface area contributed by atoms with E-state index in [1.54, 1.807) is 32.6 Å². The molecule has 0 atom stereocenters. The minimum Gasteiger partial charge on any atom is -0.350 e. The van der Waals surface area contributed by atoms with Crippen molar-refractivity contribution < 1.29 is 4.79 Å². The molecule has 0 saturated carbocycles. The zero-order chi connectivity index (χ0) is 24.1. The van der Waals surface area contributed by atoms with Crippen molar-refractivity contribution in [2.45, 2.75) is 26.7 Å². The fraction of sp³-hybridized carbons (Fsp3) is 0.375. The standard InChI is InChI=1S/C24H31N9O/c1-5-8-18(20(6-2)32-12-7-9-27-32)15-26-24-30-21(23(34)31-13-10-25-11-14-31)29-22-19(17(3)4)16-28-33(22)24/h5-9,12,16-17,25H,1,10-11,13-15H2,2-4H3,(H,26,29,30). The average Bonchev–Trinajstić information content (AvgIpc) is 3.53. The van der Waals surface area contributed by atoms with E-state index in [2.05, 4.69) is 51.2 Å². The van der Waals surface area contributed by atoms with Crippen LogP contribution >= 0.6 is 0 Å². The van der Waals surface area contributed by atoms with Crippen LogP contribution in [-0.2, 0) is 0 Å². The van der Waals surface area contributed by atoms with E-state index < -0.39 is 0 Å². The molecule has 4 rings (SSSR count). The summed E-state index contributed by atoms with van der Waals surface area (Å²) in [5.74, 6) is 0.664. The summed E-state index contributed by atoms with van der Waals surface area (Å²) in [6.45, 7) is 13.2. The Hall–Kier alpha value is -3.79. The highest BCUT2D eigenvalue weighted by Crippen LogP contribution is 2.22. The van der Waals surface area contributed by atoms with Gasteiger partial charge in [-0.15, -0.1) is 0 Å². The number of rotatable bonds is 8. The van der Waals surface area contributed by atoms with Gasteiger partial charge in [-0.1, -0.05) is 38.7 Å². The summed E-state index contributed by atoms with van der Waals surface area (Å²) in [6, 6.07) is 1.88. The predicted molar refractivity (Wildman–Crippen MR) is 133 cm³/mol. The lowest BCUT2D eigenvalue weighted by molar-refractivity contribution is 0.0723. The number of fused-ring (bicyclic) bond motifs is 1. The number of hydrogen-bond donors (Lipinski definition) is 2. The number of carbonyl (C=O) groups is 1. The molecule has 0 radical (unpaired) electrons. The van der Waals surface area contributed by atoms with Crippen LogP contribution in [0.4, 0.5) is 5.95 Å². The molecule has 1 aliphatic heterocycles. The zero-order valence-electron chi connectivity index (χ0n) is 19.9. The van der Waals surface area contributed by atoms with Crippen LogP contribution in [0, 0.1) is 0 Å². The number of amides is 1. The highest BCUT2D eigenvalue weighted by Gasteiger charge is 2.24. The van der Waals surface area contributed by atoms with E-state index in [9.17, 15) is 4.79 Å². The Morgan fingerprint density at radius 1 is 1.26 bits per heavy atom. The SMILES string of the molecule is C=CC=C(CNc1nc(C(=O)N2CCNCC2)nc2c(C(C)C)cnn12)C(=CC)n1cccn1. The summed E-state index contributed by atoms with van der Waals surface area (Å²) in [4.78, 5) is 24.2. The third-order valence-electron chi connectivity index (χ3n) is 5.72. The van der Waals surface area contributed by atoms with Crippen molar-refractivity contribution in [1.82, 2.24) is 39.6 Å². The van der Waals surface area contributed by atoms with Crippen LogP contribution in [0.5, 0.6) is 0 Å². The van der Waals surface area contributed by atoms with Crippen LogP contribution in [0.2, 0.25) is 0 Å². The van der Waals surface area contributed by atoms with E-state index in [1.165, 1.54) is 0 Å². The van der Waals surface area contributed by atoms with Gasteiger partial charge in [-0.3, -0.25) is 4.79 Å². The first-order valence-electron chi connectivity index (χ1n) is 11.5. The summed E-state index contributed by atoms with van der Waals surface area (Å²) >= 11 is 0. The monoisotopic (exact) mass is 461 g/mol. The highest BCUT2D eigenvalue weighted by atomic mass is 16.2. The highest BCUT2D eigenvalue weighted by molar-refractivity contribution is 5.91. The average molecular weight is 462 g/mol. The maximum absolute atomic E-state index is 13.2. The van der Waals surface area contributed by atoms with Gasteiger partial charge in [0, 0.05) is 50.7 Å². The van der Waals surface area contributed by atoms with Gasteiger partial charge in [0.25, 0.3) is 5.91 Å². The molecule has 178 valence electrons. The van der Waals surface area contributed by atoms with Crippen LogP contribution in [0.3, 0.4) is 0 Å². The second-order valence-electron chi connectivity index (χ2n) is 8.31. The van der Waals surface area contributed by atoms with Gasteiger partial charge in [-0.25, -0.2) is 9.67 Å². The fourth-order valence-electron chi connectivity index (χ4n) is 3.95. The summed E-state index contributed by atoms with van der Waals surface area (Å²) in [6.07, 6.45) is 11.1. The molecule has 3 aromatic rings. The Labute approximate surface area is 199 Å². The molecule has 1 saturated heterocycles. The van der Waals surface area contributed by atoms with Crippen molar-refractivity contribution in [3.8, 4) is 0 Å². The molecule has 34 heavy (non-hydrogen) atoms. The van der Waals surface area contributed by atoms with E-state index in [-0.39, 0.29) is 17.6 Å². The maximum Gasteiger partial charge on any atom is 0.291 e. The summed E-state index contributed by atoms with van der Waals surface area (Å²) in [5.41, 5.74) is 3.48. The topological polar surface area (TPSA) is 105 Å². The molecule has 1 fully saturated rings. The number of hydrogen-bond acceptors (Lipinski definition) is 7. The van der Waals surface area contributed by atoms with Gasteiger partial charge in [0.15, 0.2) is 5.65 Å². The number of nitrogens with zero attached hydrogens (tertiary/aromatic N) is 7. The Balaban J connectivity index is 1.69. The molecule has 0 unspecified atom stereocenters. The van der Waals surface area contributed by atoms with E-state index in [0.717, 1.165) is 29.9 Å². The Bertz CT molecular complexity index is 1210. The molecule has 0 bridgehead atoms. The van der Waals surface area contributed by atoms with Gasteiger partial charge in [0.05, 0.1) is 11.9 Å². The van der Waals surface area contributed by atoms with Crippen LogP contribution in [0.25, 0.3) is 11.3 Å². The van der Waals surface area contributed by atoms with Gasteiger partial charge in [0.1, 0.15) is 0 Å². The van der Waals surface area contributed by atoms with Crippen LogP contribution in [0.1, 0.15) is 42.9 Å². The third kappa shape index (κ3) is 4.76. The number of aromatic nitrogens is 6. The first-order chi connectivity index (χ1) is 16.5. The molecule has 10 nitrogen and oxygen atoms in total. The van der Waals surface area contributed by atoms with E-state index in [0.29, 0.717) is 31.2 Å². The smallest absolute Gasteiger partial charge is 0.291 e. The van der Waals surface area contributed by atoms with Crippen molar-refractivity contribution >= 4 is 23.2 Å². The second-order valence-corrected chi connectivity index (χ2v) is 8.31. The van der Waals surface area contributed by atoms with E-state index in [1.807, 2.05) is 31.3 Å². The molecule has 0 spiro atoms. The fourth-order valence-corrected chi connectivity index (χ4v) is 3.95. The lowest BCUT2D eigenvalue weighted by atomic mass is 10.1. The zero-order valence-corrected chi connectivity index (χ0v) is 19.9. The minimum absolute atomic E-state index is 0.171. The van der Waals surface area contributed by atoms with Gasteiger partial charge >= 0.3 is 0 Å². The molecule has 1 amide bonds. The third-order valence-corrected chi connectivity index (χ3v) is 5.72. The first-order valence-corrected chi connectivity index (χ1v) is 11.5. The maximum atomic E-state index is 13.2. The van der Waals surface area contributed by atoms with Crippen molar-refractivity contribution in [3.05, 3.63) is 66.4 Å². The number of allylic oxidation sites excluding steroid dienone is 3. The van der Waals surface area contributed by atoms with Crippen LogP contribution in [0.15, 0.2) is 55.0 Å². The van der Waals surface area contributed by atoms with Crippen molar-refractivity contribution in [3.63, 3.8) is 0 Å². The largest absolute Gasteiger partial charge is 0.350 e. The van der Waals surface area contributed by atoms with Gasteiger partial charge in [0.2, 0.25) is 11.8 Å². The van der Waals surface area contributed by atoms with E-state index in [4.69, 9.17) is 0 Å². The van der Waals surface area contributed by atoms with Crippen LogP contribution in [-0.4, -0.2) is 72.9 Å². The molecule has 2 N–H and O–H groups in total. The summed E-state index contributed by atoms with van der Waals surface area (Å²) in [5, 5.41) is 15.5. The number of anilines is 1. The molecule has 4 heterocycles. The van der Waals surface area contributed by atoms with Crippen molar-refractivity contribution in [2.24, 2.45) is 0 Å². The van der Waals surface area contributed by atoms with Crippen molar-refractivity contribution in [1.29, 1.82) is 0 Å². The van der Waals surface area contributed by atoms with Crippen molar-refractivity contribution in [2.75, 3.05) is 38.0 Å². The predicted octanol–water partition coefficient (Wildman–Crippen LogP) is 2.57. The first kappa shape index (κ1) is 23.4. The number of piperazine rings is 1. The van der Waals surface area contributed by atoms with Crippen LogP contribution < -0.4 is 10.6 Å². The molecular formula is C24H31N9O. The summed E-state index contributed by atoms with van der Waals surface area (Å²) in [7, 11) is 0. The molecule has 0 aromatic carbocycles. The molecule has 1 aliphatic rings. The summed E-state index contributed by atoms with van der Waals surface area (Å²) < 4.78 is 3.47. The number of nitrogens with one attached hydrogen (secondary N) is 2. The van der Waals surface area contributed by atoms with Gasteiger partial charge in [-0.2, -0.15) is 19.7 Å². The quantitative estimate of drug-likeness (QED) is 0.497. The lowest BCUT2D eigenvalue weighted by Gasteiger charge is -2.26. The number of carbonyl (C=O) groups excluding carboxylic acids is 1. The van der Waals surface area contributed by atoms with E-state index >= 15 is 0 Å². The van der Waals surface area contributed by atoms with Gasteiger partial charge in [-0.05, 0) is 24.5 Å². The minimum atomic E-state index is -0.171. The molecular weight excluding hydrogens is 430 g/mol. The normalized spacial score (nSPS) is 15.2.